The minimum atomic E-state index is -1.20. The topological polar surface area (TPSA) is 81.4 Å². The monoisotopic (exact) mass is 187 g/mol. The lowest BCUT2D eigenvalue weighted by Crippen LogP contribution is -2.23. The molecule has 4 heteroatoms. The lowest BCUT2D eigenvalue weighted by Gasteiger charge is -2.17. The zero-order chi connectivity index (χ0) is 10.4. The maximum Gasteiger partial charge on any atom is 0.349 e. The maximum absolute atomic E-state index is 10.3. The fraction of sp³-hybridized carbons (Fsp3) is 0.778. The second-order valence-electron chi connectivity index (χ2n) is 3.32. The molecule has 0 rings (SSSR count). The van der Waals surface area contributed by atoms with Gasteiger partial charge in [-0.1, -0.05) is 20.3 Å². The van der Waals surface area contributed by atoms with Gasteiger partial charge >= 0.3 is 5.97 Å². The van der Waals surface area contributed by atoms with Crippen LogP contribution in [0.3, 0.4) is 0 Å². The zero-order valence-electron chi connectivity index (χ0n) is 8.08. The van der Waals surface area contributed by atoms with Crippen LogP contribution in [0, 0.1) is 11.3 Å². The summed E-state index contributed by atoms with van der Waals surface area (Å²) in [5.41, 5.74) is -0.331. The average Bonchev–Trinajstić information content (AvgIpc) is 2.04. The summed E-state index contributed by atoms with van der Waals surface area (Å²) in [6.45, 7) is 3.72. The van der Waals surface area contributed by atoms with Crippen molar-refractivity contribution in [3.05, 3.63) is 0 Å². The van der Waals surface area contributed by atoms with Crippen molar-refractivity contribution in [1.29, 1.82) is 5.41 Å². The molecule has 76 valence electrons. The highest BCUT2D eigenvalue weighted by Gasteiger charge is 2.18. The Bertz CT molecular complexity index is 191. The molecule has 13 heavy (non-hydrogen) atoms. The Hall–Kier alpha value is -0.900. The van der Waals surface area contributed by atoms with E-state index in [2.05, 4.69) is 0 Å². The van der Waals surface area contributed by atoms with Crippen molar-refractivity contribution in [3.8, 4) is 0 Å². The number of aliphatic hydroxyl groups excluding tert-OH is 1. The number of aliphatic carboxylic acids is 1. The summed E-state index contributed by atoms with van der Waals surface area (Å²) in [6.07, 6.45) is 1.17. The molecule has 0 aliphatic rings. The minimum Gasteiger partial charge on any atom is -0.477 e. The van der Waals surface area contributed by atoms with Crippen molar-refractivity contribution in [2.24, 2.45) is 5.92 Å². The van der Waals surface area contributed by atoms with E-state index in [1.54, 1.807) is 6.92 Å². The van der Waals surface area contributed by atoms with Gasteiger partial charge in [-0.25, -0.2) is 4.79 Å². The Balaban J connectivity index is 3.91. The van der Waals surface area contributed by atoms with Gasteiger partial charge in [-0.05, 0) is 12.3 Å². The van der Waals surface area contributed by atoms with Gasteiger partial charge in [0, 0.05) is 6.42 Å². The lowest BCUT2D eigenvalue weighted by atomic mass is 9.95. The Labute approximate surface area is 78.1 Å². The Morgan fingerprint density at radius 3 is 2.46 bits per heavy atom. The van der Waals surface area contributed by atoms with Crippen LogP contribution >= 0.6 is 0 Å². The molecule has 3 N–H and O–H groups in total. The summed E-state index contributed by atoms with van der Waals surface area (Å²) >= 11 is 0. The fourth-order valence-electron chi connectivity index (χ4n) is 1.13. The van der Waals surface area contributed by atoms with E-state index in [0.717, 1.165) is 6.42 Å². The van der Waals surface area contributed by atoms with Gasteiger partial charge < -0.3 is 10.2 Å². The smallest absolute Gasteiger partial charge is 0.349 e. The van der Waals surface area contributed by atoms with E-state index in [-0.39, 0.29) is 18.1 Å². The van der Waals surface area contributed by atoms with E-state index < -0.39 is 12.1 Å². The van der Waals surface area contributed by atoms with Crippen LogP contribution in [0.15, 0.2) is 0 Å². The van der Waals surface area contributed by atoms with Gasteiger partial charge in [-0.3, -0.25) is 5.41 Å². The largest absolute Gasteiger partial charge is 0.477 e. The molecule has 0 amide bonds. The first kappa shape index (κ1) is 12.1. The van der Waals surface area contributed by atoms with Crippen LogP contribution in [0.4, 0.5) is 0 Å². The van der Waals surface area contributed by atoms with Crippen LogP contribution in [0.25, 0.3) is 0 Å². The van der Waals surface area contributed by atoms with Crippen molar-refractivity contribution < 1.29 is 15.0 Å². The molecule has 0 heterocycles. The first-order valence-corrected chi connectivity index (χ1v) is 4.47. The predicted octanol–water partition coefficient (Wildman–Crippen LogP) is 1.28. The van der Waals surface area contributed by atoms with E-state index in [0.29, 0.717) is 6.42 Å². The first-order chi connectivity index (χ1) is 5.99. The third-order valence-corrected chi connectivity index (χ3v) is 2.03. The van der Waals surface area contributed by atoms with Crippen molar-refractivity contribution in [2.75, 3.05) is 0 Å². The van der Waals surface area contributed by atoms with Gasteiger partial charge in [0.2, 0.25) is 0 Å². The van der Waals surface area contributed by atoms with Crippen molar-refractivity contribution in [3.63, 3.8) is 0 Å². The highest BCUT2D eigenvalue weighted by molar-refractivity contribution is 6.34. The molecule has 0 saturated carbocycles. The highest BCUT2D eigenvalue weighted by atomic mass is 16.4. The summed E-state index contributed by atoms with van der Waals surface area (Å²) in [4.78, 5) is 10.3. The number of carboxylic acid groups (broad SMARTS) is 1. The molecule has 0 aliphatic carbocycles. The van der Waals surface area contributed by atoms with E-state index in [9.17, 15) is 9.90 Å². The minimum absolute atomic E-state index is 0.135. The Morgan fingerprint density at radius 2 is 2.08 bits per heavy atom. The van der Waals surface area contributed by atoms with Crippen molar-refractivity contribution in [1.82, 2.24) is 0 Å². The van der Waals surface area contributed by atoms with Gasteiger partial charge in [0.25, 0.3) is 0 Å². The van der Waals surface area contributed by atoms with Gasteiger partial charge in [0.05, 0.1) is 6.10 Å². The molecule has 0 saturated heterocycles. The molecule has 0 spiro atoms. The van der Waals surface area contributed by atoms with Gasteiger partial charge in [-0.15, -0.1) is 0 Å². The van der Waals surface area contributed by atoms with E-state index in [1.165, 1.54) is 0 Å². The van der Waals surface area contributed by atoms with Crippen LogP contribution in [0.5, 0.6) is 0 Å². The van der Waals surface area contributed by atoms with Crippen molar-refractivity contribution >= 4 is 11.7 Å². The third kappa shape index (κ3) is 4.62. The standard InChI is InChI=1S/C9H17NO3/c1-3-4-8(11)6(2)5-7(10)9(12)13/h6,8,10-11H,3-5H2,1-2H3,(H,12,13). The molecule has 0 aromatic heterocycles. The molecule has 2 unspecified atom stereocenters. The number of hydrogen-bond donors (Lipinski definition) is 3. The normalized spacial score (nSPS) is 15.0. The van der Waals surface area contributed by atoms with Crippen LogP contribution in [-0.4, -0.2) is 28.0 Å². The van der Waals surface area contributed by atoms with Crippen LogP contribution in [0.2, 0.25) is 0 Å². The maximum atomic E-state index is 10.3. The summed E-state index contributed by atoms with van der Waals surface area (Å²) in [5.74, 6) is -1.35. The summed E-state index contributed by atoms with van der Waals surface area (Å²) in [7, 11) is 0. The molecular formula is C9H17NO3. The lowest BCUT2D eigenvalue weighted by molar-refractivity contribution is -0.129. The fourth-order valence-corrected chi connectivity index (χ4v) is 1.13. The quantitative estimate of drug-likeness (QED) is 0.548. The second kappa shape index (κ2) is 5.70. The van der Waals surface area contributed by atoms with Gasteiger partial charge in [0.15, 0.2) is 0 Å². The first-order valence-electron chi connectivity index (χ1n) is 4.47. The molecule has 0 bridgehead atoms. The SMILES string of the molecule is CCCC(O)C(C)CC(=N)C(=O)O. The molecule has 0 aromatic carbocycles. The molecule has 0 radical (unpaired) electrons. The number of carboxylic acids is 1. The Kier molecular flexibility index (Phi) is 5.30. The van der Waals surface area contributed by atoms with Gasteiger partial charge in [-0.2, -0.15) is 0 Å². The molecule has 2 atom stereocenters. The summed E-state index contributed by atoms with van der Waals surface area (Å²) < 4.78 is 0. The molecular weight excluding hydrogens is 170 g/mol. The predicted molar refractivity (Wildman–Crippen MR) is 50.1 cm³/mol. The molecule has 0 aliphatic heterocycles. The van der Waals surface area contributed by atoms with E-state index in [4.69, 9.17) is 10.5 Å². The number of rotatable bonds is 6. The highest BCUT2D eigenvalue weighted by Crippen LogP contribution is 2.13. The molecule has 0 aromatic rings. The average molecular weight is 187 g/mol. The van der Waals surface area contributed by atoms with E-state index >= 15 is 0 Å². The molecule has 4 nitrogen and oxygen atoms in total. The van der Waals surface area contributed by atoms with Crippen LogP contribution in [0.1, 0.15) is 33.1 Å². The van der Waals surface area contributed by atoms with Crippen molar-refractivity contribution in [2.45, 2.75) is 39.2 Å². The van der Waals surface area contributed by atoms with Crippen LogP contribution < -0.4 is 0 Å². The number of carbonyl (C=O) groups is 1. The van der Waals surface area contributed by atoms with Crippen LogP contribution in [-0.2, 0) is 4.79 Å². The Morgan fingerprint density at radius 1 is 1.54 bits per heavy atom. The third-order valence-electron chi connectivity index (χ3n) is 2.03. The zero-order valence-corrected chi connectivity index (χ0v) is 8.08. The summed E-state index contributed by atoms with van der Waals surface area (Å²) in [6, 6.07) is 0. The number of aliphatic hydroxyl groups is 1. The summed E-state index contributed by atoms with van der Waals surface area (Å²) in [5, 5.41) is 25.0. The van der Waals surface area contributed by atoms with Gasteiger partial charge in [0.1, 0.15) is 5.71 Å². The number of nitrogens with one attached hydrogen (secondary N) is 1. The van der Waals surface area contributed by atoms with E-state index in [1.807, 2.05) is 6.92 Å². The molecule has 0 fully saturated rings. The second-order valence-corrected chi connectivity index (χ2v) is 3.32. The number of hydrogen-bond acceptors (Lipinski definition) is 3.